The molecule has 25 heavy (non-hydrogen) atoms. The van der Waals surface area contributed by atoms with E-state index in [1.165, 1.54) is 23.1 Å². The summed E-state index contributed by atoms with van der Waals surface area (Å²) in [5.41, 5.74) is -0.00612. The van der Waals surface area contributed by atoms with E-state index >= 15 is 0 Å². The minimum absolute atomic E-state index is 0.00188. The Morgan fingerprint density at radius 3 is 1.84 bits per heavy atom. The molecule has 8 heteroatoms. The van der Waals surface area contributed by atoms with Crippen molar-refractivity contribution in [3.63, 3.8) is 0 Å². The topological polar surface area (TPSA) is 58.0 Å². The largest absolute Gasteiger partial charge is 0.343 e. The third kappa shape index (κ3) is 3.95. The maximum absolute atomic E-state index is 4.78. The first-order chi connectivity index (χ1) is 11.6. The van der Waals surface area contributed by atoms with Gasteiger partial charge in [0.2, 0.25) is 10.3 Å². The molecule has 0 aromatic carbocycles. The fourth-order valence-corrected chi connectivity index (χ4v) is 4.58. The molecule has 0 saturated carbocycles. The van der Waals surface area contributed by atoms with Crippen LogP contribution in [0.5, 0.6) is 0 Å². The third-order valence-electron chi connectivity index (χ3n) is 4.32. The van der Waals surface area contributed by atoms with Crippen LogP contribution in [0.15, 0.2) is 0 Å². The van der Waals surface area contributed by atoms with E-state index in [9.17, 15) is 0 Å². The number of aromatic nitrogens is 4. The fraction of sp³-hybridized carbons (Fsp3) is 0.765. The zero-order valence-corrected chi connectivity index (χ0v) is 17.8. The van der Waals surface area contributed by atoms with E-state index < -0.39 is 0 Å². The molecule has 1 aliphatic rings. The van der Waals surface area contributed by atoms with Gasteiger partial charge >= 0.3 is 0 Å². The minimum atomic E-state index is -0.00424. The van der Waals surface area contributed by atoms with Crippen LogP contribution in [-0.2, 0) is 10.8 Å². The first-order valence-electron chi connectivity index (χ1n) is 8.75. The van der Waals surface area contributed by atoms with Gasteiger partial charge in [-0.1, -0.05) is 41.5 Å². The first kappa shape index (κ1) is 18.5. The lowest BCUT2D eigenvalue weighted by molar-refractivity contribution is 0.532. The highest BCUT2D eigenvalue weighted by molar-refractivity contribution is 7.10. The van der Waals surface area contributed by atoms with Crippen molar-refractivity contribution in [2.24, 2.45) is 0 Å². The number of hydrogen-bond acceptors (Lipinski definition) is 8. The van der Waals surface area contributed by atoms with Gasteiger partial charge < -0.3 is 9.80 Å². The van der Waals surface area contributed by atoms with Gasteiger partial charge in [0.1, 0.15) is 11.6 Å². The van der Waals surface area contributed by atoms with Crippen LogP contribution in [0, 0.1) is 0 Å². The number of nitrogens with zero attached hydrogens (tertiary/aromatic N) is 6. The molecule has 0 radical (unpaired) electrons. The summed E-state index contributed by atoms with van der Waals surface area (Å²) in [6.45, 7) is 18.0. The number of hydrogen-bond donors (Lipinski definition) is 0. The molecule has 0 unspecified atom stereocenters. The van der Waals surface area contributed by atoms with E-state index in [1.54, 1.807) is 0 Å². The molecule has 0 N–H and O–H groups in total. The van der Waals surface area contributed by atoms with Gasteiger partial charge in [-0.25, -0.2) is 9.97 Å². The Labute approximate surface area is 158 Å². The van der Waals surface area contributed by atoms with E-state index in [0.29, 0.717) is 6.04 Å². The molecule has 1 aliphatic heterocycles. The fourth-order valence-electron chi connectivity index (χ4n) is 2.70. The smallest absolute Gasteiger partial charge is 0.205 e. The molecule has 3 rings (SSSR count). The first-order valence-corrected chi connectivity index (χ1v) is 10.3. The standard InChI is InChI=1S/C17H28N6S2/c1-11-10-22(14-18-12(20-24-14)16(2,3)4)8-9-23(11)15-19-13(21-25-15)17(5,6)7/h11H,8-10H2,1-7H3/t11-/m1/s1. The SMILES string of the molecule is C[C@@H]1CN(c2nc(C(C)(C)C)ns2)CCN1c1nc(C(C)(C)C)ns1. The Balaban J connectivity index is 1.70. The number of rotatable bonds is 2. The van der Waals surface area contributed by atoms with Gasteiger partial charge in [0, 0.05) is 59.6 Å². The summed E-state index contributed by atoms with van der Waals surface area (Å²) >= 11 is 3.02. The molecule has 138 valence electrons. The van der Waals surface area contributed by atoms with Crippen LogP contribution in [0.3, 0.4) is 0 Å². The highest BCUT2D eigenvalue weighted by Crippen LogP contribution is 2.30. The third-order valence-corrected chi connectivity index (χ3v) is 5.85. The second-order valence-electron chi connectivity index (χ2n) is 8.79. The Morgan fingerprint density at radius 1 is 0.840 bits per heavy atom. The summed E-state index contributed by atoms with van der Waals surface area (Å²) in [6.07, 6.45) is 0. The highest BCUT2D eigenvalue weighted by Gasteiger charge is 2.30. The van der Waals surface area contributed by atoms with Gasteiger partial charge in [-0.15, -0.1) is 0 Å². The number of piperazine rings is 1. The molecule has 1 atom stereocenters. The van der Waals surface area contributed by atoms with E-state index in [1.807, 2.05) is 0 Å². The Morgan fingerprint density at radius 2 is 1.36 bits per heavy atom. The maximum Gasteiger partial charge on any atom is 0.205 e. The number of anilines is 2. The molecule has 2 aromatic heterocycles. The van der Waals surface area contributed by atoms with Gasteiger partial charge in [0.25, 0.3) is 0 Å². The van der Waals surface area contributed by atoms with Crippen molar-refractivity contribution >= 4 is 33.3 Å². The molecule has 0 spiro atoms. The van der Waals surface area contributed by atoms with Crippen molar-refractivity contribution in [1.29, 1.82) is 0 Å². The van der Waals surface area contributed by atoms with Crippen molar-refractivity contribution in [3.05, 3.63) is 11.6 Å². The van der Waals surface area contributed by atoms with Crippen LogP contribution in [0.4, 0.5) is 10.3 Å². The summed E-state index contributed by atoms with van der Waals surface area (Å²) in [7, 11) is 0. The summed E-state index contributed by atoms with van der Waals surface area (Å²) in [5, 5.41) is 2.06. The normalized spacial score (nSPS) is 19.6. The van der Waals surface area contributed by atoms with Crippen LogP contribution in [0.25, 0.3) is 0 Å². The quantitative estimate of drug-likeness (QED) is 0.792. The van der Waals surface area contributed by atoms with Crippen LogP contribution >= 0.6 is 23.1 Å². The molecule has 1 saturated heterocycles. The van der Waals surface area contributed by atoms with Crippen molar-refractivity contribution in [2.75, 3.05) is 29.4 Å². The van der Waals surface area contributed by atoms with Crippen molar-refractivity contribution in [2.45, 2.75) is 65.3 Å². The van der Waals surface area contributed by atoms with Crippen molar-refractivity contribution in [1.82, 2.24) is 18.7 Å². The monoisotopic (exact) mass is 380 g/mol. The predicted molar refractivity (Wildman–Crippen MR) is 106 cm³/mol. The Kier molecular flexibility index (Phi) is 4.79. The molecule has 6 nitrogen and oxygen atoms in total. The van der Waals surface area contributed by atoms with Gasteiger partial charge in [-0.2, -0.15) is 8.75 Å². The molecular weight excluding hydrogens is 352 g/mol. The minimum Gasteiger partial charge on any atom is -0.343 e. The van der Waals surface area contributed by atoms with Crippen LogP contribution in [0.2, 0.25) is 0 Å². The van der Waals surface area contributed by atoms with Crippen molar-refractivity contribution in [3.8, 4) is 0 Å². The molecule has 2 aromatic rings. The van der Waals surface area contributed by atoms with E-state index in [-0.39, 0.29) is 10.8 Å². The van der Waals surface area contributed by atoms with E-state index in [0.717, 1.165) is 41.5 Å². The summed E-state index contributed by atoms with van der Waals surface area (Å²) < 4.78 is 9.11. The molecule has 0 bridgehead atoms. The van der Waals surface area contributed by atoms with Crippen LogP contribution in [0.1, 0.15) is 60.1 Å². The zero-order chi connectivity index (χ0) is 18.4. The van der Waals surface area contributed by atoms with E-state index in [2.05, 4.69) is 67.0 Å². The molecule has 1 fully saturated rings. The van der Waals surface area contributed by atoms with Crippen LogP contribution < -0.4 is 9.80 Å². The second-order valence-corrected chi connectivity index (χ2v) is 10.3. The molecular formula is C17H28N6S2. The zero-order valence-electron chi connectivity index (χ0n) is 16.2. The average Bonchev–Trinajstić information content (AvgIpc) is 3.15. The average molecular weight is 381 g/mol. The van der Waals surface area contributed by atoms with Crippen LogP contribution in [-0.4, -0.2) is 44.4 Å². The van der Waals surface area contributed by atoms with Gasteiger partial charge in [-0.3, -0.25) is 0 Å². The molecule has 3 heterocycles. The van der Waals surface area contributed by atoms with Gasteiger partial charge in [0.05, 0.1) is 0 Å². The summed E-state index contributed by atoms with van der Waals surface area (Å²) in [4.78, 5) is 14.3. The lowest BCUT2D eigenvalue weighted by atomic mass is 9.96. The Hall–Kier alpha value is -1.28. The highest BCUT2D eigenvalue weighted by atomic mass is 32.1. The summed E-state index contributed by atoms with van der Waals surface area (Å²) in [6, 6.07) is 0.372. The maximum atomic E-state index is 4.78. The molecule has 0 aliphatic carbocycles. The van der Waals surface area contributed by atoms with Gasteiger partial charge in [0.15, 0.2) is 0 Å². The Bertz CT molecular complexity index is 724. The lowest BCUT2D eigenvalue weighted by Crippen LogP contribution is -2.52. The second kappa shape index (κ2) is 6.46. The van der Waals surface area contributed by atoms with Gasteiger partial charge in [-0.05, 0) is 6.92 Å². The van der Waals surface area contributed by atoms with E-state index in [4.69, 9.17) is 9.97 Å². The lowest BCUT2D eigenvalue weighted by Gasteiger charge is -2.39. The summed E-state index contributed by atoms with van der Waals surface area (Å²) in [5.74, 6) is 1.86. The predicted octanol–water partition coefficient (Wildman–Crippen LogP) is 3.70. The molecule has 0 amide bonds. The van der Waals surface area contributed by atoms with Crippen molar-refractivity contribution < 1.29 is 0 Å².